The highest BCUT2D eigenvalue weighted by Crippen LogP contribution is 2.20. The summed E-state index contributed by atoms with van der Waals surface area (Å²) < 4.78 is 24.6. The standard InChI is InChI=1S/C6H4F2S2/c7-3-1-5(9)6(10)2-4(3)8/h1-2,9-10H. The highest BCUT2D eigenvalue weighted by Gasteiger charge is 2.03. The molecule has 1 rings (SSSR count). The Morgan fingerprint density at radius 2 is 1.20 bits per heavy atom. The average molecular weight is 178 g/mol. The lowest BCUT2D eigenvalue weighted by Gasteiger charge is -1.97. The van der Waals surface area contributed by atoms with Crippen LogP contribution in [-0.2, 0) is 0 Å². The van der Waals surface area contributed by atoms with E-state index in [4.69, 9.17) is 0 Å². The number of benzene rings is 1. The van der Waals surface area contributed by atoms with E-state index in [0.717, 1.165) is 12.1 Å². The Kier molecular flexibility index (Phi) is 2.21. The Labute approximate surface area is 68.1 Å². The summed E-state index contributed by atoms with van der Waals surface area (Å²) in [5, 5.41) is 0. The third kappa shape index (κ3) is 1.44. The molecule has 0 saturated heterocycles. The van der Waals surface area contributed by atoms with Crippen LogP contribution in [0.1, 0.15) is 0 Å². The molecule has 0 saturated carbocycles. The number of hydrogen-bond acceptors (Lipinski definition) is 2. The second kappa shape index (κ2) is 2.80. The molecule has 1 aromatic carbocycles. The third-order valence-corrected chi connectivity index (χ3v) is 1.93. The molecule has 0 N–H and O–H groups in total. The zero-order valence-electron chi connectivity index (χ0n) is 4.81. The molecule has 0 nitrogen and oxygen atoms in total. The topological polar surface area (TPSA) is 0 Å². The molecule has 0 aliphatic heterocycles. The molecule has 10 heavy (non-hydrogen) atoms. The molecule has 1 aromatic rings. The van der Waals surface area contributed by atoms with Gasteiger partial charge in [-0.2, -0.15) is 0 Å². The van der Waals surface area contributed by atoms with Crippen LogP contribution in [0.2, 0.25) is 0 Å². The molecule has 0 atom stereocenters. The number of rotatable bonds is 0. The molecule has 0 amide bonds. The Morgan fingerprint density at radius 1 is 0.900 bits per heavy atom. The zero-order valence-corrected chi connectivity index (χ0v) is 6.59. The summed E-state index contributed by atoms with van der Waals surface area (Å²) in [6, 6.07) is 1.97. The summed E-state index contributed by atoms with van der Waals surface area (Å²) >= 11 is 7.66. The van der Waals surface area contributed by atoms with Crippen LogP contribution >= 0.6 is 25.3 Å². The van der Waals surface area contributed by atoms with Crippen molar-refractivity contribution < 1.29 is 8.78 Å². The van der Waals surface area contributed by atoms with E-state index < -0.39 is 11.6 Å². The van der Waals surface area contributed by atoms with Crippen molar-refractivity contribution in [2.24, 2.45) is 0 Å². The minimum absolute atomic E-state index is 0.335. The molecule has 0 spiro atoms. The fraction of sp³-hybridized carbons (Fsp3) is 0. The van der Waals surface area contributed by atoms with E-state index in [2.05, 4.69) is 25.3 Å². The van der Waals surface area contributed by atoms with Crippen LogP contribution < -0.4 is 0 Å². The second-order valence-corrected chi connectivity index (χ2v) is 2.72. The van der Waals surface area contributed by atoms with Gasteiger partial charge in [0.05, 0.1) is 0 Å². The maximum absolute atomic E-state index is 12.3. The molecule has 54 valence electrons. The van der Waals surface area contributed by atoms with Crippen LogP contribution in [0.3, 0.4) is 0 Å². The molecule has 0 bridgehead atoms. The highest BCUT2D eigenvalue weighted by atomic mass is 32.1. The minimum Gasteiger partial charge on any atom is -0.204 e. The lowest BCUT2D eigenvalue weighted by molar-refractivity contribution is 0.502. The van der Waals surface area contributed by atoms with Crippen molar-refractivity contribution in [2.75, 3.05) is 0 Å². The van der Waals surface area contributed by atoms with Crippen molar-refractivity contribution in [1.29, 1.82) is 0 Å². The highest BCUT2D eigenvalue weighted by molar-refractivity contribution is 7.83. The van der Waals surface area contributed by atoms with E-state index in [9.17, 15) is 8.78 Å². The van der Waals surface area contributed by atoms with Crippen molar-refractivity contribution in [2.45, 2.75) is 9.79 Å². The van der Waals surface area contributed by atoms with Crippen LogP contribution in [-0.4, -0.2) is 0 Å². The van der Waals surface area contributed by atoms with Crippen molar-refractivity contribution in [3.05, 3.63) is 23.8 Å². The fourth-order valence-electron chi connectivity index (χ4n) is 0.526. The van der Waals surface area contributed by atoms with E-state index in [1.165, 1.54) is 0 Å². The number of thiol groups is 2. The average Bonchev–Trinajstić information content (AvgIpc) is 1.84. The number of hydrogen-bond donors (Lipinski definition) is 2. The Hall–Kier alpha value is -0.220. The first-order chi connectivity index (χ1) is 4.61. The first-order valence-corrected chi connectivity index (χ1v) is 3.37. The van der Waals surface area contributed by atoms with Gasteiger partial charge in [0.15, 0.2) is 11.6 Å². The van der Waals surface area contributed by atoms with Gasteiger partial charge in [-0.3, -0.25) is 0 Å². The molecule has 4 heteroatoms. The normalized spacial score (nSPS) is 10.0. The minimum atomic E-state index is -0.900. The Bertz CT molecular complexity index is 210. The molecule has 0 radical (unpaired) electrons. The molecular formula is C6H4F2S2. The predicted molar refractivity (Wildman–Crippen MR) is 40.9 cm³/mol. The van der Waals surface area contributed by atoms with Crippen LogP contribution in [0.5, 0.6) is 0 Å². The van der Waals surface area contributed by atoms with Crippen LogP contribution in [0.25, 0.3) is 0 Å². The summed E-state index contributed by atoms with van der Waals surface area (Å²) in [7, 11) is 0. The van der Waals surface area contributed by atoms with Gasteiger partial charge in [0.1, 0.15) is 0 Å². The van der Waals surface area contributed by atoms with Crippen LogP contribution in [0.4, 0.5) is 8.78 Å². The molecule has 0 aromatic heterocycles. The monoisotopic (exact) mass is 178 g/mol. The molecular weight excluding hydrogens is 174 g/mol. The van der Waals surface area contributed by atoms with Crippen LogP contribution in [0.15, 0.2) is 21.9 Å². The van der Waals surface area contributed by atoms with Crippen molar-refractivity contribution >= 4 is 25.3 Å². The van der Waals surface area contributed by atoms with Gasteiger partial charge in [0.25, 0.3) is 0 Å². The van der Waals surface area contributed by atoms with Gasteiger partial charge in [-0.05, 0) is 12.1 Å². The summed E-state index contributed by atoms with van der Waals surface area (Å²) in [5.41, 5.74) is 0. The SMILES string of the molecule is Fc1cc(S)c(S)cc1F. The van der Waals surface area contributed by atoms with E-state index in [1.54, 1.807) is 0 Å². The van der Waals surface area contributed by atoms with Gasteiger partial charge in [-0.25, -0.2) is 8.78 Å². The predicted octanol–water partition coefficient (Wildman–Crippen LogP) is 2.54. The molecule has 0 unspecified atom stereocenters. The Balaban J connectivity index is 3.28. The quantitative estimate of drug-likeness (QED) is 0.560. The van der Waals surface area contributed by atoms with Crippen LogP contribution in [0, 0.1) is 11.6 Å². The molecule has 0 fully saturated rings. The van der Waals surface area contributed by atoms with Crippen molar-refractivity contribution in [1.82, 2.24) is 0 Å². The van der Waals surface area contributed by atoms with Crippen molar-refractivity contribution in [3.63, 3.8) is 0 Å². The molecule has 0 aliphatic rings. The first-order valence-electron chi connectivity index (χ1n) is 2.48. The summed E-state index contributed by atoms with van der Waals surface area (Å²) in [6.07, 6.45) is 0. The van der Waals surface area contributed by atoms with E-state index in [1.807, 2.05) is 0 Å². The molecule has 0 heterocycles. The second-order valence-electron chi connectivity index (χ2n) is 1.76. The van der Waals surface area contributed by atoms with Gasteiger partial charge in [0, 0.05) is 9.79 Å². The molecule has 0 aliphatic carbocycles. The maximum Gasteiger partial charge on any atom is 0.160 e. The van der Waals surface area contributed by atoms with Gasteiger partial charge >= 0.3 is 0 Å². The van der Waals surface area contributed by atoms with E-state index in [-0.39, 0.29) is 0 Å². The summed E-state index contributed by atoms with van der Waals surface area (Å²) in [5.74, 6) is -1.80. The first kappa shape index (κ1) is 7.88. The lowest BCUT2D eigenvalue weighted by atomic mass is 10.3. The van der Waals surface area contributed by atoms with Gasteiger partial charge in [0.2, 0.25) is 0 Å². The Morgan fingerprint density at radius 3 is 1.50 bits per heavy atom. The maximum atomic E-state index is 12.3. The lowest BCUT2D eigenvalue weighted by Crippen LogP contribution is -1.83. The fourth-order valence-corrected chi connectivity index (χ4v) is 0.882. The number of halogens is 2. The van der Waals surface area contributed by atoms with E-state index in [0.29, 0.717) is 9.79 Å². The van der Waals surface area contributed by atoms with Gasteiger partial charge in [-0.15, -0.1) is 25.3 Å². The largest absolute Gasteiger partial charge is 0.204 e. The van der Waals surface area contributed by atoms with E-state index >= 15 is 0 Å². The van der Waals surface area contributed by atoms with Gasteiger partial charge < -0.3 is 0 Å². The smallest absolute Gasteiger partial charge is 0.160 e. The summed E-state index contributed by atoms with van der Waals surface area (Å²) in [4.78, 5) is 0.671. The zero-order chi connectivity index (χ0) is 7.72. The van der Waals surface area contributed by atoms with Crippen molar-refractivity contribution in [3.8, 4) is 0 Å². The summed E-state index contributed by atoms with van der Waals surface area (Å²) in [6.45, 7) is 0. The third-order valence-electron chi connectivity index (χ3n) is 1.02. The van der Waals surface area contributed by atoms with Gasteiger partial charge in [-0.1, -0.05) is 0 Å².